The van der Waals surface area contributed by atoms with Gasteiger partial charge in [-0.05, 0) is 12.8 Å². The zero-order valence-electron chi connectivity index (χ0n) is 10.5. The van der Waals surface area contributed by atoms with Crippen molar-refractivity contribution in [2.75, 3.05) is 19.6 Å². The lowest BCUT2D eigenvalue weighted by Gasteiger charge is -2.36. The molecule has 0 aromatic heterocycles. The smallest absolute Gasteiger partial charge is 0.328 e. The van der Waals surface area contributed by atoms with Gasteiger partial charge < -0.3 is 15.3 Å². The van der Waals surface area contributed by atoms with E-state index in [0.29, 0.717) is 6.54 Å². The number of carbonyl (C=O) groups is 3. The predicted molar refractivity (Wildman–Crippen MR) is 66.5 cm³/mol. The number of nitrogens with zero attached hydrogens (tertiary/aromatic N) is 2. The number of carboxylic acids is 1. The van der Waals surface area contributed by atoms with Gasteiger partial charge in [0.2, 0.25) is 5.91 Å². The van der Waals surface area contributed by atoms with Crippen molar-refractivity contribution in [1.29, 1.82) is 0 Å². The maximum atomic E-state index is 12.4. The molecule has 2 fully saturated rings. The van der Waals surface area contributed by atoms with E-state index in [1.165, 1.54) is 0 Å². The number of urea groups is 1. The summed E-state index contributed by atoms with van der Waals surface area (Å²) in [6, 6.07) is -1.26. The van der Waals surface area contributed by atoms with Crippen LogP contribution in [0, 0.1) is 0 Å². The summed E-state index contributed by atoms with van der Waals surface area (Å²) in [6.07, 6.45) is 3.44. The van der Waals surface area contributed by atoms with Crippen molar-refractivity contribution in [2.24, 2.45) is 0 Å². The Hall–Kier alpha value is -2.05. The van der Waals surface area contributed by atoms with Crippen molar-refractivity contribution in [3.8, 4) is 0 Å². The van der Waals surface area contributed by atoms with E-state index in [-0.39, 0.29) is 25.0 Å². The quantitative estimate of drug-likeness (QED) is 0.681. The van der Waals surface area contributed by atoms with E-state index in [2.05, 4.69) is 11.9 Å². The number of nitrogens with one attached hydrogen (secondary N) is 1. The molecule has 1 unspecified atom stereocenters. The molecule has 0 aromatic rings. The highest BCUT2D eigenvalue weighted by Gasteiger charge is 2.40. The molecule has 0 aromatic carbocycles. The van der Waals surface area contributed by atoms with E-state index in [9.17, 15) is 14.4 Å². The molecule has 19 heavy (non-hydrogen) atoms. The number of rotatable bonds is 4. The Labute approximate surface area is 110 Å². The molecule has 0 radical (unpaired) electrons. The predicted octanol–water partition coefficient (Wildman–Crippen LogP) is -0.358. The first-order valence-electron chi connectivity index (χ1n) is 6.22. The Kier molecular flexibility index (Phi) is 3.73. The van der Waals surface area contributed by atoms with Gasteiger partial charge in [0.25, 0.3) is 0 Å². The third-order valence-corrected chi connectivity index (χ3v) is 3.27. The van der Waals surface area contributed by atoms with Crippen LogP contribution in [0.5, 0.6) is 0 Å². The van der Waals surface area contributed by atoms with E-state index < -0.39 is 18.0 Å². The summed E-state index contributed by atoms with van der Waals surface area (Å²) in [6.45, 7) is 3.71. The van der Waals surface area contributed by atoms with Crippen molar-refractivity contribution in [2.45, 2.75) is 24.9 Å². The standard InChI is InChI=1S/C12H17N3O4/c1-2-5-14(8-3-4-8)12(19)15-7-10(16)13-6-9(15)11(17)18/h2,8-9H,1,3-7H2,(H,13,16)(H,17,18). The second-order valence-electron chi connectivity index (χ2n) is 4.74. The van der Waals surface area contributed by atoms with E-state index in [1.807, 2.05) is 0 Å². The molecular weight excluding hydrogens is 250 g/mol. The van der Waals surface area contributed by atoms with Gasteiger partial charge >= 0.3 is 12.0 Å². The number of amides is 3. The van der Waals surface area contributed by atoms with Crippen molar-refractivity contribution in [3.05, 3.63) is 12.7 Å². The average molecular weight is 267 g/mol. The van der Waals surface area contributed by atoms with Gasteiger partial charge in [-0.2, -0.15) is 0 Å². The molecule has 7 heteroatoms. The van der Waals surface area contributed by atoms with Crippen LogP contribution in [-0.2, 0) is 9.59 Å². The summed E-state index contributed by atoms with van der Waals surface area (Å²) in [5.74, 6) is -1.44. The molecule has 1 aliphatic carbocycles. The van der Waals surface area contributed by atoms with Crippen molar-refractivity contribution < 1.29 is 19.5 Å². The molecule has 1 heterocycles. The zero-order valence-corrected chi connectivity index (χ0v) is 10.5. The topological polar surface area (TPSA) is 90.0 Å². The van der Waals surface area contributed by atoms with Gasteiger partial charge in [-0.15, -0.1) is 6.58 Å². The molecular formula is C12H17N3O4. The molecule has 1 aliphatic heterocycles. The molecule has 2 rings (SSSR count). The van der Waals surface area contributed by atoms with Crippen LogP contribution >= 0.6 is 0 Å². The first-order chi connectivity index (χ1) is 9.04. The fraction of sp³-hybridized carbons (Fsp3) is 0.583. The maximum Gasteiger partial charge on any atom is 0.328 e. The minimum atomic E-state index is -1.11. The Morgan fingerprint density at radius 1 is 1.53 bits per heavy atom. The fourth-order valence-corrected chi connectivity index (χ4v) is 2.14. The van der Waals surface area contributed by atoms with Crippen molar-refractivity contribution in [1.82, 2.24) is 15.1 Å². The van der Waals surface area contributed by atoms with Crippen LogP contribution in [0.25, 0.3) is 0 Å². The highest BCUT2D eigenvalue weighted by atomic mass is 16.4. The lowest BCUT2D eigenvalue weighted by molar-refractivity contribution is -0.144. The van der Waals surface area contributed by atoms with E-state index in [1.54, 1.807) is 11.0 Å². The molecule has 2 N–H and O–H groups in total. The molecule has 0 spiro atoms. The second-order valence-corrected chi connectivity index (χ2v) is 4.74. The first kappa shape index (κ1) is 13.4. The molecule has 3 amide bonds. The monoisotopic (exact) mass is 267 g/mol. The Morgan fingerprint density at radius 2 is 2.21 bits per heavy atom. The molecule has 2 aliphatic rings. The summed E-state index contributed by atoms with van der Waals surface area (Å²) in [5.41, 5.74) is 0. The second kappa shape index (κ2) is 5.29. The van der Waals surface area contributed by atoms with Crippen LogP contribution in [0.1, 0.15) is 12.8 Å². The van der Waals surface area contributed by atoms with E-state index >= 15 is 0 Å². The van der Waals surface area contributed by atoms with Gasteiger partial charge in [-0.25, -0.2) is 9.59 Å². The minimum Gasteiger partial charge on any atom is -0.480 e. The number of hydrogen-bond donors (Lipinski definition) is 2. The SMILES string of the molecule is C=CCN(C(=O)N1CC(=O)NCC1C(=O)O)C1CC1. The van der Waals surface area contributed by atoms with Crippen LogP contribution in [0.2, 0.25) is 0 Å². The summed E-state index contributed by atoms with van der Waals surface area (Å²) >= 11 is 0. The summed E-state index contributed by atoms with van der Waals surface area (Å²) in [4.78, 5) is 37.6. The molecule has 7 nitrogen and oxygen atoms in total. The van der Waals surface area contributed by atoms with E-state index in [4.69, 9.17) is 5.11 Å². The van der Waals surface area contributed by atoms with Gasteiger partial charge in [-0.3, -0.25) is 9.69 Å². The van der Waals surface area contributed by atoms with Gasteiger partial charge in [-0.1, -0.05) is 6.08 Å². The molecule has 0 bridgehead atoms. The molecule has 1 saturated carbocycles. The minimum absolute atomic E-state index is 0.0491. The number of carboxylic acid groups (broad SMARTS) is 1. The van der Waals surface area contributed by atoms with Crippen LogP contribution < -0.4 is 5.32 Å². The van der Waals surface area contributed by atoms with Gasteiger partial charge in [0, 0.05) is 19.1 Å². The molecule has 104 valence electrons. The van der Waals surface area contributed by atoms with Gasteiger partial charge in [0.05, 0.1) is 0 Å². The lowest BCUT2D eigenvalue weighted by Crippen LogP contribution is -2.62. The molecule has 1 saturated heterocycles. The summed E-state index contributed by atoms with van der Waals surface area (Å²) in [7, 11) is 0. The molecule has 1 atom stereocenters. The highest BCUT2D eigenvalue weighted by Crippen LogP contribution is 2.28. The van der Waals surface area contributed by atoms with Gasteiger partial charge in [0.1, 0.15) is 12.6 Å². The van der Waals surface area contributed by atoms with Gasteiger partial charge in [0.15, 0.2) is 0 Å². The number of aliphatic carboxylic acids is 1. The van der Waals surface area contributed by atoms with Crippen molar-refractivity contribution in [3.63, 3.8) is 0 Å². The normalized spacial score (nSPS) is 22.6. The zero-order chi connectivity index (χ0) is 14.0. The maximum absolute atomic E-state index is 12.4. The van der Waals surface area contributed by atoms with Crippen LogP contribution in [-0.4, -0.2) is 64.5 Å². The fourth-order valence-electron chi connectivity index (χ4n) is 2.14. The third kappa shape index (κ3) is 2.86. The number of hydrogen-bond acceptors (Lipinski definition) is 3. The first-order valence-corrected chi connectivity index (χ1v) is 6.22. The summed E-state index contributed by atoms with van der Waals surface area (Å²) in [5, 5.41) is 11.6. The van der Waals surface area contributed by atoms with Crippen LogP contribution in [0.3, 0.4) is 0 Å². The van der Waals surface area contributed by atoms with Crippen molar-refractivity contribution >= 4 is 17.9 Å². The van der Waals surface area contributed by atoms with Crippen LogP contribution in [0.15, 0.2) is 12.7 Å². The average Bonchev–Trinajstić information content (AvgIpc) is 3.19. The number of piperazine rings is 1. The largest absolute Gasteiger partial charge is 0.480 e. The Morgan fingerprint density at radius 3 is 2.74 bits per heavy atom. The summed E-state index contributed by atoms with van der Waals surface area (Å²) < 4.78 is 0. The Bertz CT molecular complexity index is 419. The number of carbonyl (C=O) groups excluding carboxylic acids is 2. The van der Waals surface area contributed by atoms with Crippen LogP contribution in [0.4, 0.5) is 4.79 Å². The van der Waals surface area contributed by atoms with E-state index in [0.717, 1.165) is 17.7 Å². The highest BCUT2D eigenvalue weighted by molar-refractivity contribution is 5.90. The lowest BCUT2D eigenvalue weighted by atomic mass is 10.2. The third-order valence-electron chi connectivity index (χ3n) is 3.27. The Balaban J connectivity index is 2.14.